The minimum Gasteiger partial charge on any atom is -0.490 e. The Hall–Kier alpha value is -2.34. The molecule has 5 nitrogen and oxygen atoms in total. The summed E-state index contributed by atoms with van der Waals surface area (Å²) < 4.78 is 11.5. The van der Waals surface area contributed by atoms with Gasteiger partial charge in [0.15, 0.2) is 17.3 Å². The molecule has 0 saturated carbocycles. The predicted octanol–water partition coefficient (Wildman–Crippen LogP) is 4.54. The van der Waals surface area contributed by atoms with E-state index in [1.807, 2.05) is 42.2 Å². The van der Waals surface area contributed by atoms with E-state index in [-0.39, 0.29) is 30.6 Å². The summed E-state index contributed by atoms with van der Waals surface area (Å²) in [6, 6.07) is 9.83. The molecule has 2 aromatic rings. The van der Waals surface area contributed by atoms with E-state index in [1.54, 1.807) is 0 Å². The van der Waals surface area contributed by atoms with Crippen molar-refractivity contribution in [3.63, 3.8) is 0 Å². The molecule has 1 aromatic heterocycles. The van der Waals surface area contributed by atoms with Crippen molar-refractivity contribution in [1.82, 2.24) is 4.90 Å². The second-order valence-electron chi connectivity index (χ2n) is 7.34. The lowest BCUT2D eigenvalue weighted by Gasteiger charge is -2.25. The summed E-state index contributed by atoms with van der Waals surface area (Å²) in [5.41, 5.74) is 1.08. The highest BCUT2D eigenvalue weighted by atomic mass is 32.1. The number of benzene rings is 1. The molecule has 0 bridgehead atoms. The van der Waals surface area contributed by atoms with Crippen LogP contribution in [0.25, 0.3) is 0 Å². The third-order valence-corrected chi connectivity index (χ3v) is 6.35. The van der Waals surface area contributed by atoms with Crippen LogP contribution in [-0.2, 0) is 4.79 Å². The van der Waals surface area contributed by atoms with Crippen LogP contribution in [0.15, 0.2) is 30.3 Å². The number of amides is 1. The number of ether oxygens (including phenoxy) is 2. The van der Waals surface area contributed by atoms with E-state index in [0.717, 1.165) is 52.6 Å². The van der Waals surface area contributed by atoms with Crippen molar-refractivity contribution >= 4 is 23.0 Å². The second kappa shape index (κ2) is 8.35. The molecule has 0 radical (unpaired) electrons. The maximum atomic E-state index is 12.8. The molecule has 2 aliphatic rings. The van der Waals surface area contributed by atoms with Gasteiger partial charge in [0.1, 0.15) is 0 Å². The Bertz CT molecular complexity index is 875. The molecule has 6 heteroatoms. The van der Waals surface area contributed by atoms with Gasteiger partial charge in [-0.3, -0.25) is 9.59 Å². The molecule has 0 aliphatic carbocycles. The van der Waals surface area contributed by atoms with Crippen LogP contribution in [0, 0.1) is 6.92 Å². The summed E-state index contributed by atoms with van der Waals surface area (Å²) in [6.45, 7) is 4.03. The van der Waals surface area contributed by atoms with Crippen molar-refractivity contribution in [2.45, 2.75) is 45.1 Å². The molecule has 1 fully saturated rings. The Morgan fingerprint density at radius 3 is 2.68 bits per heavy atom. The SMILES string of the molecule is Cc1ccc(C(=O)CCC(=O)N2CCCC2c2ccc3c(c2)OCCCO3)s1. The first-order valence-electron chi connectivity index (χ1n) is 9.90. The number of hydrogen-bond acceptors (Lipinski definition) is 5. The summed E-state index contributed by atoms with van der Waals surface area (Å²) >= 11 is 1.49. The number of aryl methyl sites for hydroxylation is 1. The third-order valence-electron chi connectivity index (χ3n) is 5.31. The highest BCUT2D eigenvalue weighted by Gasteiger charge is 2.30. The van der Waals surface area contributed by atoms with Gasteiger partial charge in [0.2, 0.25) is 5.91 Å². The Morgan fingerprint density at radius 2 is 1.89 bits per heavy atom. The van der Waals surface area contributed by atoms with E-state index in [9.17, 15) is 9.59 Å². The minimum atomic E-state index is 0.0451. The Labute approximate surface area is 169 Å². The van der Waals surface area contributed by atoms with Crippen LogP contribution in [-0.4, -0.2) is 36.3 Å². The fourth-order valence-corrected chi connectivity index (χ4v) is 4.71. The summed E-state index contributed by atoms with van der Waals surface area (Å²) in [4.78, 5) is 28.9. The zero-order valence-corrected chi connectivity index (χ0v) is 16.9. The first-order valence-corrected chi connectivity index (χ1v) is 10.7. The van der Waals surface area contributed by atoms with Gasteiger partial charge in [-0.05, 0) is 49.6 Å². The fourth-order valence-electron chi connectivity index (χ4n) is 3.87. The zero-order valence-electron chi connectivity index (χ0n) is 16.1. The predicted molar refractivity (Wildman–Crippen MR) is 108 cm³/mol. The van der Waals surface area contributed by atoms with Gasteiger partial charge < -0.3 is 14.4 Å². The van der Waals surface area contributed by atoms with Crippen LogP contribution in [0.2, 0.25) is 0 Å². The molecule has 148 valence electrons. The van der Waals surface area contributed by atoms with E-state index in [4.69, 9.17) is 9.47 Å². The first-order chi connectivity index (χ1) is 13.6. The summed E-state index contributed by atoms with van der Waals surface area (Å²) in [6.07, 6.45) is 3.31. The fraction of sp³-hybridized carbons (Fsp3) is 0.455. The van der Waals surface area contributed by atoms with Crippen LogP contribution < -0.4 is 9.47 Å². The van der Waals surface area contributed by atoms with Gasteiger partial charge in [0, 0.05) is 30.7 Å². The monoisotopic (exact) mass is 399 g/mol. The highest BCUT2D eigenvalue weighted by molar-refractivity contribution is 7.14. The normalized spacial score (nSPS) is 18.8. The number of nitrogens with zero attached hydrogens (tertiary/aromatic N) is 1. The number of thiophene rings is 1. The molecule has 1 unspecified atom stereocenters. The van der Waals surface area contributed by atoms with Crippen LogP contribution in [0.1, 0.15) is 58.3 Å². The maximum absolute atomic E-state index is 12.8. The Balaban J connectivity index is 1.42. The van der Waals surface area contributed by atoms with Gasteiger partial charge >= 0.3 is 0 Å². The molecule has 0 spiro atoms. The van der Waals surface area contributed by atoms with Gasteiger partial charge in [0.05, 0.1) is 24.1 Å². The molecule has 1 aromatic carbocycles. The lowest BCUT2D eigenvalue weighted by Crippen LogP contribution is -2.30. The summed E-state index contributed by atoms with van der Waals surface area (Å²) in [5, 5.41) is 0. The average Bonchev–Trinajstić information content (AvgIpc) is 3.29. The lowest BCUT2D eigenvalue weighted by molar-refractivity contribution is -0.132. The molecule has 3 heterocycles. The number of Topliss-reactive ketones (excluding diaryl/α,β-unsaturated/α-hetero) is 1. The molecule has 1 atom stereocenters. The number of ketones is 1. The topological polar surface area (TPSA) is 55.8 Å². The standard InChI is InChI=1S/C22H25NO4S/c1-15-5-9-21(28-15)18(24)7-10-22(25)23-11-2-4-17(23)16-6-8-19-20(14-16)27-13-3-12-26-19/h5-6,8-9,14,17H,2-4,7,10-13H2,1H3. The summed E-state index contributed by atoms with van der Waals surface area (Å²) in [7, 11) is 0. The number of carbonyl (C=O) groups excluding carboxylic acids is 2. The molecule has 28 heavy (non-hydrogen) atoms. The Kier molecular flexibility index (Phi) is 5.67. The molecule has 1 amide bonds. The second-order valence-corrected chi connectivity index (χ2v) is 8.62. The van der Waals surface area contributed by atoms with Crippen molar-refractivity contribution in [1.29, 1.82) is 0 Å². The molecule has 1 saturated heterocycles. The van der Waals surface area contributed by atoms with Crippen LogP contribution in [0.4, 0.5) is 0 Å². The number of hydrogen-bond donors (Lipinski definition) is 0. The van der Waals surface area contributed by atoms with E-state index in [1.165, 1.54) is 11.3 Å². The third kappa shape index (κ3) is 4.07. The summed E-state index contributed by atoms with van der Waals surface area (Å²) in [5.74, 6) is 1.64. The number of fused-ring (bicyclic) bond motifs is 1. The van der Waals surface area contributed by atoms with Crippen LogP contribution in [0.5, 0.6) is 11.5 Å². The van der Waals surface area contributed by atoms with Gasteiger partial charge in [-0.25, -0.2) is 0 Å². The van der Waals surface area contributed by atoms with Crippen molar-refractivity contribution < 1.29 is 19.1 Å². The zero-order chi connectivity index (χ0) is 19.5. The number of likely N-dealkylation sites (tertiary alicyclic amines) is 1. The van der Waals surface area contributed by atoms with Crippen molar-refractivity contribution in [2.24, 2.45) is 0 Å². The molecular weight excluding hydrogens is 374 g/mol. The average molecular weight is 400 g/mol. The van der Waals surface area contributed by atoms with E-state index < -0.39 is 0 Å². The molecule has 2 aliphatic heterocycles. The van der Waals surface area contributed by atoms with Gasteiger partial charge in [-0.1, -0.05) is 6.07 Å². The maximum Gasteiger partial charge on any atom is 0.223 e. The largest absolute Gasteiger partial charge is 0.490 e. The smallest absolute Gasteiger partial charge is 0.223 e. The van der Waals surface area contributed by atoms with Crippen LogP contribution in [0.3, 0.4) is 0 Å². The van der Waals surface area contributed by atoms with Gasteiger partial charge in [0.25, 0.3) is 0 Å². The van der Waals surface area contributed by atoms with Crippen molar-refractivity contribution in [3.05, 3.63) is 45.6 Å². The van der Waals surface area contributed by atoms with E-state index >= 15 is 0 Å². The van der Waals surface area contributed by atoms with E-state index in [2.05, 4.69) is 0 Å². The van der Waals surface area contributed by atoms with Gasteiger partial charge in [-0.15, -0.1) is 11.3 Å². The van der Waals surface area contributed by atoms with Crippen molar-refractivity contribution in [3.8, 4) is 11.5 Å². The number of carbonyl (C=O) groups is 2. The van der Waals surface area contributed by atoms with Gasteiger partial charge in [-0.2, -0.15) is 0 Å². The highest BCUT2D eigenvalue weighted by Crippen LogP contribution is 2.38. The quantitative estimate of drug-likeness (QED) is 0.693. The van der Waals surface area contributed by atoms with Crippen molar-refractivity contribution in [2.75, 3.05) is 19.8 Å². The van der Waals surface area contributed by atoms with E-state index in [0.29, 0.717) is 13.2 Å². The Morgan fingerprint density at radius 1 is 1.07 bits per heavy atom. The number of rotatable bonds is 5. The molecular formula is C22H25NO4S. The molecule has 0 N–H and O–H groups in total. The molecule has 4 rings (SSSR count). The van der Waals surface area contributed by atoms with Crippen LogP contribution >= 0.6 is 11.3 Å². The lowest BCUT2D eigenvalue weighted by atomic mass is 10.0. The minimum absolute atomic E-state index is 0.0451. The first kappa shape index (κ1) is 19.0.